The van der Waals surface area contributed by atoms with Crippen molar-refractivity contribution in [3.8, 4) is 11.3 Å². The van der Waals surface area contributed by atoms with E-state index in [1.54, 1.807) is 11.3 Å². The zero-order valence-electron chi connectivity index (χ0n) is 12.3. The summed E-state index contributed by atoms with van der Waals surface area (Å²) in [5.74, 6) is 0. The van der Waals surface area contributed by atoms with Crippen molar-refractivity contribution in [2.45, 2.75) is 39.5 Å². The molecular weight excluding hydrogens is 268 g/mol. The molecule has 3 nitrogen and oxygen atoms in total. The Bertz CT molecular complexity index is 522. The minimum atomic E-state index is -0.314. The lowest BCUT2D eigenvalue weighted by Crippen LogP contribution is -2.36. The molecule has 1 unspecified atom stereocenters. The number of hydrogen-bond donors (Lipinski definition) is 1. The van der Waals surface area contributed by atoms with Gasteiger partial charge in [0.1, 0.15) is 5.01 Å². The van der Waals surface area contributed by atoms with E-state index in [0.29, 0.717) is 12.6 Å². The average molecular weight is 290 g/mol. The summed E-state index contributed by atoms with van der Waals surface area (Å²) in [6.45, 7) is 7.59. The monoisotopic (exact) mass is 290 g/mol. The third-order valence-corrected chi connectivity index (χ3v) is 4.02. The van der Waals surface area contributed by atoms with E-state index in [1.165, 1.54) is 0 Å². The Labute approximate surface area is 124 Å². The Kier molecular flexibility index (Phi) is 5.29. The summed E-state index contributed by atoms with van der Waals surface area (Å²) >= 11 is 1.68. The van der Waals surface area contributed by atoms with Crippen LogP contribution in [0.3, 0.4) is 0 Å². The van der Waals surface area contributed by atoms with Crippen LogP contribution in [0.1, 0.15) is 25.8 Å². The van der Waals surface area contributed by atoms with Crippen molar-refractivity contribution in [1.82, 2.24) is 9.88 Å². The Hall–Kier alpha value is -1.23. The molecule has 4 heteroatoms. The van der Waals surface area contributed by atoms with E-state index < -0.39 is 0 Å². The lowest BCUT2D eigenvalue weighted by molar-refractivity contribution is 0.103. The Morgan fingerprint density at radius 3 is 2.50 bits per heavy atom. The normalized spacial score (nSPS) is 13.1. The van der Waals surface area contributed by atoms with Crippen LogP contribution in [0.5, 0.6) is 0 Å². The van der Waals surface area contributed by atoms with Crippen LogP contribution in [0, 0.1) is 0 Å². The number of rotatable bonds is 6. The number of hydrogen-bond acceptors (Lipinski definition) is 4. The highest BCUT2D eigenvalue weighted by molar-refractivity contribution is 7.09. The van der Waals surface area contributed by atoms with Crippen molar-refractivity contribution in [3.63, 3.8) is 0 Å². The highest BCUT2D eigenvalue weighted by Gasteiger charge is 2.14. The molecule has 2 rings (SSSR count). The molecule has 0 fully saturated rings. The molecule has 20 heavy (non-hydrogen) atoms. The minimum absolute atomic E-state index is 0.314. The van der Waals surface area contributed by atoms with Gasteiger partial charge in [-0.2, -0.15) is 0 Å². The first kappa shape index (κ1) is 15.2. The maximum Gasteiger partial charge on any atom is 0.107 e. The van der Waals surface area contributed by atoms with Crippen LogP contribution in [0.25, 0.3) is 11.3 Å². The number of nitrogens with zero attached hydrogens (tertiary/aromatic N) is 2. The second-order valence-corrected chi connectivity index (χ2v) is 6.31. The summed E-state index contributed by atoms with van der Waals surface area (Å²) in [6, 6.07) is 10.6. The largest absolute Gasteiger partial charge is 0.392 e. The van der Waals surface area contributed by atoms with Crippen molar-refractivity contribution in [2.75, 3.05) is 6.54 Å². The summed E-state index contributed by atoms with van der Waals surface area (Å²) in [5, 5.41) is 12.8. The van der Waals surface area contributed by atoms with E-state index in [0.717, 1.165) is 22.8 Å². The fourth-order valence-corrected chi connectivity index (χ4v) is 2.92. The van der Waals surface area contributed by atoms with Gasteiger partial charge >= 0.3 is 0 Å². The van der Waals surface area contributed by atoms with Gasteiger partial charge in [0.05, 0.1) is 18.3 Å². The predicted octanol–water partition coefficient (Wildman–Crippen LogP) is 3.40. The fraction of sp³-hybridized carbons (Fsp3) is 0.438. The highest BCUT2D eigenvalue weighted by Crippen LogP contribution is 2.22. The molecule has 0 spiro atoms. The second kappa shape index (κ2) is 6.97. The van der Waals surface area contributed by atoms with E-state index in [4.69, 9.17) is 4.98 Å². The van der Waals surface area contributed by atoms with E-state index in [-0.39, 0.29) is 6.10 Å². The maximum atomic E-state index is 9.57. The average Bonchev–Trinajstić information content (AvgIpc) is 2.87. The highest BCUT2D eigenvalue weighted by atomic mass is 32.1. The van der Waals surface area contributed by atoms with Crippen molar-refractivity contribution in [2.24, 2.45) is 0 Å². The van der Waals surface area contributed by atoms with Crippen LogP contribution in [0.15, 0.2) is 35.7 Å². The van der Waals surface area contributed by atoms with Gasteiger partial charge in [-0.05, 0) is 20.8 Å². The van der Waals surface area contributed by atoms with Gasteiger partial charge in [0.25, 0.3) is 0 Å². The molecule has 0 aliphatic carbocycles. The van der Waals surface area contributed by atoms with Gasteiger partial charge < -0.3 is 5.11 Å². The van der Waals surface area contributed by atoms with Gasteiger partial charge in [-0.3, -0.25) is 4.90 Å². The van der Waals surface area contributed by atoms with Crippen molar-refractivity contribution in [3.05, 3.63) is 40.7 Å². The first-order valence-electron chi connectivity index (χ1n) is 6.98. The number of thiazole rings is 1. The second-order valence-electron chi connectivity index (χ2n) is 5.36. The molecule has 0 bridgehead atoms. The number of benzene rings is 1. The molecule has 1 aromatic heterocycles. The third-order valence-electron chi connectivity index (χ3n) is 3.19. The molecule has 0 radical (unpaired) electrons. The lowest BCUT2D eigenvalue weighted by Gasteiger charge is -2.26. The van der Waals surface area contributed by atoms with Crippen LogP contribution in [-0.2, 0) is 6.54 Å². The summed E-state index contributed by atoms with van der Waals surface area (Å²) < 4.78 is 0. The zero-order chi connectivity index (χ0) is 14.5. The lowest BCUT2D eigenvalue weighted by atomic mass is 10.2. The topological polar surface area (TPSA) is 36.4 Å². The molecule has 0 aliphatic heterocycles. The molecule has 108 valence electrons. The van der Waals surface area contributed by atoms with Crippen molar-refractivity contribution in [1.29, 1.82) is 0 Å². The van der Waals surface area contributed by atoms with Crippen LogP contribution < -0.4 is 0 Å². The molecule has 2 aromatic rings. The van der Waals surface area contributed by atoms with Crippen LogP contribution in [-0.4, -0.2) is 33.7 Å². The molecule has 1 heterocycles. The standard InChI is InChI=1S/C16H22N2OS/c1-12(2)18(9-13(3)19)10-16-17-15(11-20-16)14-7-5-4-6-8-14/h4-8,11-13,19H,9-10H2,1-3H3. The fourth-order valence-electron chi connectivity index (χ4n) is 2.10. The molecular formula is C16H22N2OS. The molecule has 0 saturated heterocycles. The molecule has 0 saturated carbocycles. The molecule has 1 atom stereocenters. The first-order valence-corrected chi connectivity index (χ1v) is 7.86. The molecule has 1 N–H and O–H groups in total. The minimum Gasteiger partial charge on any atom is -0.392 e. The summed E-state index contributed by atoms with van der Waals surface area (Å²) in [6.07, 6.45) is -0.314. The maximum absolute atomic E-state index is 9.57. The smallest absolute Gasteiger partial charge is 0.107 e. The Balaban J connectivity index is 2.08. The third kappa shape index (κ3) is 4.13. The van der Waals surface area contributed by atoms with Gasteiger partial charge in [0.15, 0.2) is 0 Å². The van der Waals surface area contributed by atoms with Gasteiger partial charge in [-0.15, -0.1) is 11.3 Å². The molecule has 0 aliphatic rings. The van der Waals surface area contributed by atoms with Crippen LogP contribution >= 0.6 is 11.3 Å². The molecule has 0 amide bonds. The number of aromatic nitrogens is 1. The number of aliphatic hydroxyl groups excluding tert-OH is 1. The van der Waals surface area contributed by atoms with E-state index in [9.17, 15) is 5.11 Å². The van der Waals surface area contributed by atoms with E-state index >= 15 is 0 Å². The van der Waals surface area contributed by atoms with Gasteiger partial charge in [-0.25, -0.2) is 4.98 Å². The predicted molar refractivity (Wildman–Crippen MR) is 84.8 cm³/mol. The van der Waals surface area contributed by atoms with Crippen LogP contribution in [0.2, 0.25) is 0 Å². The van der Waals surface area contributed by atoms with Gasteiger partial charge in [-0.1, -0.05) is 30.3 Å². The first-order chi connectivity index (χ1) is 9.56. The summed E-state index contributed by atoms with van der Waals surface area (Å²) in [4.78, 5) is 6.95. The van der Waals surface area contributed by atoms with Gasteiger partial charge in [0, 0.05) is 23.5 Å². The van der Waals surface area contributed by atoms with Crippen molar-refractivity contribution >= 4 is 11.3 Å². The van der Waals surface area contributed by atoms with E-state index in [2.05, 4.69) is 36.3 Å². The van der Waals surface area contributed by atoms with Crippen molar-refractivity contribution < 1.29 is 5.11 Å². The Morgan fingerprint density at radius 1 is 1.20 bits per heavy atom. The SMILES string of the molecule is CC(O)CN(Cc1nc(-c2ccccc2)cs1)C(C)C. The van der Waals surface area contributed by atoms with Gasteiger partial charge in [0.2, 0.25) is 0 Å². The summed E-state index contributed by atoms with van der Waals surface area (Å²) in [7, 11) is 0. The summed E-state index contributed by atoms with van der Waals surface area (Å²) in [5.41, 5.74) is 2.19. The zero-order valence-corrected chi connectivity index (χ0v) is 13.1. The Morgan fingerprint density at radius 2 is 1.90 bits per heavy atom. The quantitative estimate of drug-likeness (QED) is 0.886. The molecule has 1 aromatic carbocycles. The number of aliphatic hydroxyl groups is 1. The van der Waals surface area contributed by atoms with E-state index in [1.807, 2.05) is 25.1 Å². The van der Waals surface area contributed by atoms with Crippen LogP contribution in [0.4, 0.5) is 0 Å².